The fourth-order valence-electron chi connectivity index (χ4n) is 3.32. The number of aryl methyl sites for hydroxylation is 2. The molecule has 0 unspecified atom stereocenters. The van der Waals surface area contributed by atoms with E-state index < -0.39 is 11.9 Å². The number of aromatic nitrogens is 4. The average Bonchev–Trinajstić information content (AvgIpc) is 3.18. The van der Waals surface area contributed by atoms with Gasteiger partial charge in [-0.15, -0.1) is 0 Å². The Morgan fingerprint density at radius 3 is 2.68 bits per heavy atom. The first-order chi connectivity index (χ1) is 15.0. The molecule has 1 aromatic carbocycles. The number of hydrogen-bond acceptors (Lipinski definition) is 6. The Morgan fingerprint density at radius 2 is 1.94 bits per heavy atom. The highest BCUT2D eigenvalue weighted by atomic mass is 16.5. The lowest BCUT2D eigenvalue weighted by Crippen LogP contribution is -2.19. The van der Waals surface area contributed by atoms with Crippen LogP contribution in [0.3, 0.4) is 0 Å². The molecular weight excluding hydrogens is 394 g/mol. The highest BCUT2D eigenvalue weighted by Gasteiger charge is 2.23. The van der Waals surface area contributed by atoms with Crippen LogP contribution in [0.5, 0.6) is 0 Å². The summed E-state index contributed by atoms with van der Waals surface area (Å²) >= 11 is 0. The van der Waals surface area contributed by atoms with Crippen LogP contribution < -0.4 is 5.32 Å². The third-order valence-corrected chi connectivity index (χ3v) is 4.85. The Kier molecular flexibility index (Phi) is 5.44. The molecule has 0 saturated carbocycles. The summed E-state index contributed by atoms with van der Waals surface area (Å²) in [6.45, 7) is 5.87. The molecule has 156 valence electrons. The Labute approximate surface area is 178 Å². The van der Waals surface area contributed by atoms with Crippen LogP contribution >= 0.6 is 0 Å². The predicted molar refractivity (Wildman–Crippen MR) is 116 cm³/mol. The van der Waals surface area contributed by atoms with Gasteiger partial charge in [-0.3, -0.25) is 9.78 Å². The predicted octanol–water partition coefficient (Wildman–Crippen LogP) is 3.86. The second-order valence-electron chi connectivity index (χ2n) is 6.98. The van der Waals surface area contributed by atoms with Gasteiger partial charge in [-0.2, -0.15) is 9.78 Å². The number of carbonyl (C=O) groups excluding carboxylic acids is 2. The molecule has 4 aromatic rings. The molecule has 0 aliphatic heterocycles. The largest absolute Gasteiger partial charge is 0.462 e. The fourth-order valence-corrected chi connectivity index (χ4v) is 3.32. The lowest BCUT2D eigenvalue weighted by molar-refractivity contribution is 0.0527. The van der Waals surface area contributed by atoms with Gasteiger partial charge < -0.3 is 10.1 Å². The maximum absolute atomic E-state index is 12.8. The molecule has 0 spiro atoms. The van der Waals surface area contributed by atoms with E-state index in [-0.39, 0.29) is 23.7 Å². The van der Waals surface area contributed by atoms with Crippen LogP contribution in [0.4, 0.5) is 5.82 Å². The van der Waals surface area contributed by atoms with E-state index in [1.165, 1.54) is 17.1 Å². The first kappa shape index (κ1) is 20.2. The summed E-state index contributed by atoms with van der Waals surface area (Å²) in [5.74, 6) is -0.402. The molecule has 0 fully saturated rings. The van der Waals surface area contributed by atoms with Crippen molar-refractivity contribution in [3.05, 3.63) is 77.2 Å². The van der Waals surface area contributed by atoms with Gasteiger partial charge >= 0.3 is 5.97 Å². The summed E-state index contributed by atoms with van der Waals surface area (Å²) < 4.78 is 6.58. The Balaban J connectivity index is 1.85. The molecule has 1 amide bonds. The Morgan fingerprint density at radius 1 is 1.10 bits per heavy atom. The smallest absolute Gasteiger partial charge is 0.343 e. The summed E-state index contributed by atoms with van der Waals surface area (Å²) in [7, 11) is 0. The molecule has 3 heterocycles. The molecule has 0 saturated heterocycles. The van der Waals surface area contributed by atoms with Gasteiger partial charge in [0.15, 0.2) is 11.6 Å². The van der Waals surface area contributed by atoms with Crippen molar-refractivity contribution in [3.8, 4) is 5.82 Å². The van der Waals surface area contributed by atoms with Gasteiger partial charge in [-0.05, 0) is 50.1 Å². The number of carbonyl (C=O) groups is 2. The molecule has 0 bridgehead atoms. The Bertz CT molecular complexity index is 1280. The van der Waals surface area contributed by atoms with Crippen molar-refractivity contribution in [1.29, 1.82) is 0 Å². The number of anilines is 1. The fraction of sp³-hybridized carbons (Fsp3) is 0.174. The first-order valence-electron chi connectivity index (χ1n) is 9.84. The SMILES string of the molecule is CCOC(=O)c1cnn(-c2cc(C)c3cccc(C)c3n2)c1NC(=O)c1ccccn1. The molecule has 8 heteroatoms. The van der Waals surface area contributed by atoms with Crippen LogP contribution in [-0.2, 0) is 4.74 Å². The van der Waals surface area contributed by atoms with Crippen LogP contribution in [0.2, 0.25) is 0 Å². The molecule has 3 aromatic heterocycles. The van der Waals surface area contributed by atoms with Crippen molar-refractivity contribution in [2.24, 2.45) is 0 Å². The number of benzene rings is 1. The van der Waals surface area contributed by atoms with Crippen LogP contribution in [0, 0.1) is 13.8 Å². The molecule has 1 N–H and O–H groups in total. The Hall–Kier alpha value is -4.07. The number of rotatable bonds is 5. The number of esters is 1. The second-order valence-corrected chi connectivity index (χ2v) is 6.98. The normalized spacial score (nSPS) is 10.8. The number of nitrogens with zero attached hydrogens (tertiary/aromatic N) is 4. The average molecular weight is 415 g/mol. The van der Waals surface area contributed by atoms with Crippen molar-refractivity contribution in [1.82, 2.24) is 19.7 Å². The first-order valence-corrected chi connectivity index (χ1v) is 9.84. The molecule has 31 heavy (non-hydrogen) atoms. The number of para-hydroxylation sites is 1. The zero-order chi connectivity index (χ0) is 22.0. The molecule has 0 aliphatic carbocycles. The molecular formula is C23H21N5O3. The summed E-state index contributed by atoms with van der Waals surface area (Å²) in [6.07, 6.45) is 2.89. The number of ether oxygens (including phenoxy) is 1. The lowest BCUT2D eigenvalue weighted by atomic mass is 10.1. The number of hydrogen-bond donors (Lipinski definition) is 1. The summed E-state index contributed by atoms with van der Waals surface area (Å²) in [6, 6.07) is 12.8. The summed E-state index contributed by atoms with van der Waals surface area (Å²) in [4.78, 5) is 34.1. The minimum absolute atomic E-state index is 0.135. The van der Waals surface area contributed by atoms with Crippen molar-refractivity contribution in [2.45, 2.75) is 20.8 Å². The van der Waals surface area contributed by atoms with E-state index in [9.17, 15) is 9.59 Å². The number of nitrogens with one attached hydrogen (secondary N) is 1. The van der Waals surface area contributed by atoms with Gasteiger partial charge in [-0.1, -0.05) is 24.3 Å². The number of pyridine rings is 2. The van der Waals surface area contributed by atoms with E-state index in [0.29, 0.717) is 5.82 Å². The molecule has 8 nitrogen and oxygen atoms in total. The quantitative estimate of drug-likeness (QED) is 0.497. The third-order valence-electron chi connectivity index (χ3n) is 4.85. The monoisotopic (exact) mass is 415 g/mol. The van der Waals surface area contributed by atoms with Crippen LogP contribution in [0.15, 0.2) is 54.9 Å². The summed E-state index contributed by atoms with van der Waals surface area (Å²) in [5.41, 5.74) is 3.19. The van der Waals surface area contributed by atoms with Gasteiger partial charge in [0, 0.05) is 11.6 Å². The van der Waals surface area contributed by atoms with Crippen molar-refractivity contribution >= 4 is 28.6 Å². The van der Waals surface area contributed by atoms with E-state index in [0.717, 1.165) is 22.0 Å². The van der Waals surface area contributed by atoms with E-state index >= 15 is 0 Å². The van der Waals surface area contributed by atoms with Crippen LogP contribution in [0.25, 0.3) is 16.7 Å². The van der Waals surface area contributed by atoms with E-state index in [1.807, 2.05) is 38.1 Å². The van der Waals surface area contributed by atoms with Crippen LogP contribution in [0.1, 0.15) is 38.9 Å². The molecule has 4 rings (SSSR count). The molecule has 0 atom stereocenters. The van der Waals surface area contributed by atoms with Gasteiger partial charge in [0.2, 0.25) is 0 Å². The number of amides is 1. The maximum Gasteiger partial charge on any atom is 0.343 e. The minimum atomic E-state index is -0.584. The van der Waals surface area contributed by atoms with E-state index in [4.69, 9.17) is 9.72 Å². The standard InChI is InChI=1S/C23H21N5O3/c1-4-31-23(30)17-13-25-28(21(17)27-22(29)18-10-5-6-11-24-18)19-12-15(3)16-9-7-8-14(2)20(16)26-19/h5-13H,4H2,1-3H3,(H,27,29). The topological polar surface area (TPSA) is 99.0 Å². The zero-order valence-corrected chi connectivity index (χ0v) is 17.4. The van der Waals surface area contributed by atoms with E-state index in [1.54, 1.807) is 25.1 Å². The van der Waals surface area contributed by atoms with Crippen LogP contribution in [-0.4, -0.2) is 38.2 Å². The third kappa shape index (κ3) is 3.87. The van der Waals surface area contributed by atoms with Gasteiger partial charge in [0.25, 0.3) is 5.91 Å². The highest BCUT2D eigenvalue weighted by Crippen LogP contribution is 2.26. The second kappa shape index (κ2) is 8.35. The minimum Gasteiger partial charge on any atom is -0.462 e. The van der Waals surface area contributed by atoms with E-state index in [2.05, 4.69) is 15.4 Å². The van der Waals surface area contributed by atoms with Crippen molar-refractivity contribution in [2.75, 3.05) is 11.9 Å². The molecule has 0 radical (unpaired) electrons. The maximum atomic E-state index is 12.8. The van der Waals surface area contributed by atoms with Gasteiger partial charge in [0.05, 0.1) is 18.3 Å². The van der Waals surface area contributed by atoms with Gasteiger partial charge in [0.1, 0.15) is 11.3 Å². The highest BCUT2D eigenvalue weighted by molar-refractivity contribution is 6.06. The summed E-state index contributed by atoms with van der Waals surface area (Å²) in [5, 5.41) is 8.11. The van der Waals surface area contributed by atoms with Crippen molar-refractivity contribution < 1.29 is 14.3 Å². The van der Waals surface area contributed by atoms with Crippen molar-refractivity contribution in [3.63, 3.8) is 0 Å². The number of fused-ring (bicyclic) bond motifs is 1. The van der Waals surface area contributed by atoms with Gasteiger partial charge in [-0.25, -0.2) is 9.78 Å². The molecule has 0 aliphatic rings. The lowest BCUT2D eigenvalue weighted by Gasteiger charge is -2.13. The zero-order valence-electron chi connectivity index (χ0n) is 17.4.